The highest BCUT2D eigenvalue weighted by molar-refractivity contribution is 6.29. The molecule has 0 aliphatic rings. The largest absolute Gasteiger partial charge is 0.293 e. The van der Waals surface area contributed by atoms with E-state index in [0.717, 1.165) is 18.5 Å². The van der Waals surface area contributed by atoms with Gasteiger partial charge in [-0.05, 0) is 18.6 Å². The zero-order valence-electron chi connectivity index (χ0n) is 9.21. The zero-order chi connectivity index (χ0) is 12.1. The van der Waals surface area contributed by atoms with Crippen LogP contribution >= 0.6 is 11.6 Å². The summed E-state index contributed by atoms with van der Waals surface area (Å²) < 4.78 is 0. The summed E-state index contributed by atoms with van der Waals surface area (Å²) in [7, 11) is 0. The van der Waals surface area contributed by atoms with Gasteiger partial charge in [-0.15, -0.1) is 0 Å². The first-order valence-corrected chi connectivity index (χ1v) is 5.39. The van der Waals surface area contributed by atoms with Crippen molar-refractivity contribution in [3.63, 3.8) is 0 Å². The minimum atomic E-state index is -0.450. The van der Waals surface area contributed by atoms with Crippen LogP contribution in [0, 0.1) is 0 Å². The van der Waals surface area contributed by atoms with Crippen molar-refractivity contribution < 1.29 is 9.59 Å². The SMILES string of the molecule is CCCc1cc(C(=O)NC(C)=O)cc(Cl)n1. The molecule has 1 aromatic rings. The first-order valence-electron chi connectivity index (χ1n) is 5.01. The lowest BCUT2D eigenvalue weighted by atomic mass is 10.1. The maximum absolute atomic E-state index is 11.5. The van der Waals surface area contributed by atoms with Crippen molar-refractivity contribution in [1.82, 2.24) is 10.3 Å². The second-order valence-corrected chi connectivity index (χ2v) is 3.82. The van der Waals surface area contributed by atoms with Crippen LogP contribution in [0.5, 0.6) is 0 Å². The van der Waals surface area contributed by atoms with Crippen molar-refractivity contribution in [3.05, 3.63) is 28.5 Å². The van der Waals surface area contributed by atoms with Gasteiger partial charge in [0.1, 0.15) is 5.15 Å². The molecule has 4 nitrogen and oxygen atoms in total. The molecular formula is C11H13ClN2O2. The number of halogens is 1. The Hall–Kier alpha value is -1.42. The second-order valence-electron chi connectivity index (χ2n) is 3.43. The molecule has 0 saturated carbocycles. The van der Waals surface area contributed by atoms with E-state index in [2.05, 4.69) is 10.3 Å². The summed E-state index contributed by atoms with van der Waals surface area (Å²) >= 11 is 5.79. The molecule has 1 aromatic heterocycles. The van der Waals surface area contributed by atoms with Gasteiger partial charge in [-0.1, -0.05) is 24.9 Å². The molecule has 86 valence electrons. The average Bonchev–Trinajstić information content (AvgIpc) is 2.16. The number of carbonyl (C=O) groups excluding carboxylic acids is 2. The van der Waals surface area contributed by atoms with E-state index >= 15 is 0 Å². The van der Waals surface area contributed by atoms with Gasteiger partial charge in [0.05, 0.1) is 0 Å². The molecule has 1 rings (SSSR count). The van der Waals surface area contributed by atoms with Gasteiger partial charge in [0, 0.05) is 18.2 Å². The van der Waals surface area contributed by atoms with Crippen LogP contribution in [0.4, 0.5) is 0 Å². The molecule has 0 fully saturated rings. The lowest BCUT2D eigenvalue weighted by Gasteiger charge is -2.04. The van der Waals surface area contributed by atoms with Gasteiger partial charge < -0.3 is 0 Å². The Labute approximate surface area is 99.0 Å². The molecule has 0 saturated heterocycles. The minimum absolute atomic E-state index is 0.264. The second kappa shape index (κ2) is 5.61. The summed E-state index contributed by atoms with van der Waals surface area (Å²) in [4.78, 5) is 26.4. The number of nitrogens with zero attached hydrogens (tertiary/aromatic N) is 1. The van der Waals surface area contributed by atoms with Crippen LogP contribution < -0.4 is 5.32 Å². The van der Waals surface area contributed by atoms with E-state index in [9.17, 15) is 9.59 Å². The monoisotopic (exact) mass is 240 g/mol. The number of pyridine rings is 1. The van der Waals surface area contributed by atoms with Crippen LogP contribution in [0.3, 0.4) is 0 Å². The highest BCUT2D eigenvalue weighted by Gasteiger charge is 2.10. The maximum atomic E-state index is 11.5. The summed E-state index contributed by atoms with van der Waals surface area (Å²) in [5.74, 6) is -0.843. The van der Waals surface area contributed by atoms with Crippen LogP contribution in [-0.2, 0) is 11.2 Å². The molecule has 1 heterocycles. The normalized spacial score (nSPS) is 9.94. The molecule has 0 radical (unpaired) electrons. The quantitative estimate of drug-likeness (QED) is 0.822. The number of hydrogen-bond donors (Lipinski definition) is 1. The van der Waals surface area contributed by atoms with Crippen LogP contribution in [0.15, 0.2) is 12.1 Å². The van der Waals surface area contributed by atoms with Gasteiger partial charge in [0.25, 0.3) is 5.91 Å². The van der Waals surface area contributed by atoms with E-state index in [1.165, 1.54) is 13.0 Å². The van der Waals surface area contributed by atoms with Crippen molar-refractivity contribution in [2.24, 2.45) is 0 Å². The fourth-order valence-corrected chi connectivity index (χ4v) is 1.52. The highest BCUT2D eigenvalue weighted by Crippen LogP contribution is 2.12. The molecule has 1 N–H and O–H groups in total. The van der Waals surface area contributed by atoms with E-state index in [1.54, 1.807) is 6.07 Å². The van der Waals surface area contributed by atoms with Gasteiger partial charge in [-0.2, -0.15) is 0 Å². The lowest BCUT2D eigenvalue weighted by Crippen LogP contribution is -2.28. The Morgan fingerprint density at radius 1 is 1.44 bits per heavy atom. The van der Waals surface area contributed by atoms with E-state index in [1.807, 2.05) is 6.92 Å². The summed E-state index contributed by atoms with van der Waals surface area (Å²) in [6.45, 7) is 3.30. The van der Waals surface area contributed by atoms with Gasteiger partial charge >= 0.3 is 0 Å². The number of rotatable bonds is 3. The minimum Gasteiger partial charge on any atom is -0.293 e. The Bertz CT molecular complexity index is 418. The van der Waals surface area contributed by atoms with Crippen molar-refractivity contribution in [1.29, 1.82) is 0 Å². The summed E-state index contributed by atoms with van der Waals surface area (Å²) in [5.41, 5.74) is 1.11. The van der Waals surface area contributed by atoms with Crippen molar-refractivity contribution >= 4 is 23.4 Å². The third kappa shape index (κ3) is 3.62. The van der Waals surface area contributed by atoms with Crippen molar-refractivity contribution in [2.75, 3.05) is 0 Å². The van der Waals surface area contributed by atoms with Crippen molar-refractivity contribution in [3.8, 4) is 0 Å². The van der Waals surface area contributed by atoms with Gasteiger partial charge in [-0.3, -0.25) is 14.9 Å². The molecular weight excluding hydrogens is 228 g/mol. The lowest BCUT2D eigenvalue weighted by molar-refractivity contribution is -0.118. The molecule has 5 heteroatoms. The smallest absolute Gasteiger partial charge is 0.258 e. The van der Waals surface area contributed by atoms with Crippen molar-refractivity contribution in [2.45, 2.75) is 26.7 Å². The predicted molar refractivity (Wildman–Crippen MR) is 61.4 cm³/mol. The van der Waals surface area contributed by atoms with E-state index in [-0.39, 0.29) is 5.15 Å². The zero-order valence-corrected chi connectivity index (χ0v) is 9.97. The van der Waals surface area contributed by atoms with Crippen LogP contribution in [0.25, 0.3) is 0 Å². The average molecular weight is 241 g/mol. The first-order chi connectivity index (χ1) is 7.52. The molecule has 0 aromatic carbocycles. The third-order valence-electron chi connectivity index (χ3n) is 1.91. The first kappa shape index (κ1) is 12.6. The molecule has 0 bridgehead atoms. The number of nitrogens with one attached hydrogen (secondary N) is 1. The maximum Gasteiger partial charge on any atom is 0.258 e. The molecule has 2 amide bonds. The molecule has 0 spiro atoms. The highest BCUT2D eigenvalue weighted by atomic mass is 35.5. The predicted octanol–water partition coefficient (Wildman–Crippen LogP) is 1.96. The Morgan fingerprint density at radius 3 is 2.69 bits per heavy atom. The number of amides is 2. The topological polar surface area (TPSA) is 59.1 Å². The van der Waals surface area contributed by atoms with Crippen LogP contribution in [0.2, 0.25) is 5.15 Å². The van der Waals surface area contributed by atoms with Crippen LogP contribution in [-0.4, -0.2) is 16.8 Å². The molecule has 0 aliphatic heterocycles. The fourth-order valence-electron chi connectivity index (χ4n) is 1.30. The standard InChI is InChI=1S/C11H13ClN2O2/c1-3-4-9-5-8(6-10(12)14-9)11(16)13-7(2)15/h5-6H,3-4H2,1-2H3,(H,13,15,16). The Balaban J connectivity index is 2.95. The third-order valence-corrected chi connectivity index (χ3v) is 2.10. The number of carbonyl (C=O) groups is 2. The number of aryl methyl sites for hydroxylation is 1. The van der Waals surface area contributed by atoms with Crippen LogP contribution in [0.1, 0.15) is 36.3 Å². The van der Waals surface area contributed by atoms with E-state index < -0.39 is 11.8 Å². The molecule has 0 unspecified atom stereocenters. The number of hydrogen-bond acceptors (Lipinski definition) is 3. The van der Waals surface area contributed by atoms with Gasteiger partial charge in [0.2, 0.25) is 5.91 Å². The molecule has 0 aliphatic carbocycles. The molecule has 0 atom stereocenters. The van der Waals surface area contributed by atoms with Gasteiger partial charge in [0.15, 0.2) is 0 Å². The number of aromatic nitrogens is 1. The Kier molecular flexibility index (Phi) is 4.43. The number of imide groups is 1. The fraction of sp³-hybridized carbons (Fsp3) is 0.364. The molecule has 16 heavy (non-hydrogen) atoms. The van der Waals surface area contributed by atoms with Gasteiger partial charge in [-0.25, -0.2) is 4.98 Å². The summed E-state index contributed by atoms with van der Waals surface area (Å²) in [6, 6.07) is 3.09. The van der Waals surface area contributed by atoms with E-state index in [0.29, 0.717) is 5.56 Å². The summed E-state index contributed by atoms with van der Waals surface area (Å²) in [5, 5.41) is 2.45. The Morgan fingerprint density at radius 2 is 2.12 bits per heavy atom. The van der Waals surface area contributed by atoms with E-state index in [4.69, 9.17) is 11.6 Å². The summed E-state index contributed by atoms with van der Waals surface area (Å²) in [6.07, 6.45) is 1.67.